The zero-order valence-corrected chi connectivity index (χ0v) is 15.7. The van der Waals surface area contributed by atoms with Crippen molar-refractivity contribution in [2.24, 2.45) is 0 Å². The summed E-state index contributed by atoms with van der Waals surface area (Å²) in [6.45, 7) is 3.09. The van der Waals surface area contributed by atoms with E-state index in [1.807, 2.05) is 31.2 Å². The number of nitrogens with one attached hydrogen (secondary N) is 1. The van der Waals surface area contributed by atoms with Gasteiger partial charge in [0, 0.05) is 12.1 Å². The maximum atomic E-state index is 11.9. The Morgan fingerprint density at radius 1 is 1.07 bits per heavy atom. The third kappa shape index (κ3) is 6.39. The molecule has 8 nitrogen and oxygen atoms in total. The summed E-state index contributed by atoms with van der Waals surface area (Å²) in [4.78, 5) is 33.7. The summed E-state index contributed by atoms with van der Waals surface area (Å²) in [6.07, 6.45) is 0.943. The summed E-state index contributed by atoms with van der Waals surface area (Å²) >= 11 is 0. The lowest BCUT2D eigenvalue weighted by atomic mass is 10.1. The Balaban J connectivity index is 1.72. The first-order chi connectivity index (χ1) is 13.4. The fourth-order valence-corrected chi connectivity index (χ4v) is 2.40. The van der Waals surface area contributed by atoms with Crippen LogP contribution in [0.3, 0.4) is 0 Å². The standard InChI is InChI=1S/C20H22N2O6/c1-3-15-4-6-16(7-5-15)14(2)21-19(23)12-28-20(24)13-27-18-10-8-17(9-11-18)22(25)26/h4-11,14H,3,12-13H2,1-2H3,(H,21,23)/t14-/m0/s1. The first kappa shape index (κ1) is 20.9. The molecule has 2 aromatic rings. The number of benzene rings is 2. The number of hydrogen-bond acceptors (Lipinski definition) is 6. The van der Waals surface area contributed by atoms with Crippen LogP contribution in [0.1, 0.15) is 31.0 Å². The number of amides is 1. The van der Waals surface area contributed by atoms with E-state index >= 15 is 0 Å². The van der Waals surface area contributed by atoms with Crippen LogP contribution in [0, 0.1) is 10.1 Å². The normalized spacial score (nSPS) is 11.4. The van der Waals surface area contributed by atoms with Crippen molar-refractivity contribution in [3.8, 4) is 5.75 Å². The largest absolute Gasteiger partial charge is 0.482 e. The number of carbonyl (C=O) groups excluding carboxylic acids is 2. The van der Waals surface area contributed by atoms with Crippen LogP contribution in [0.25, 0.3) is 0 Å². The first-order valence-corrected chi connectivity index (χ1v) is 8.80. The average molecular weight is 386 g/mol. The average Bonchev–Trinajstić information content (AvgIpc) is 2.71. The third-order valence-electron chi connectivity index (χ3n) is 4.03. The van der Waals surface area contributed by atoms with Gasteiger partial charge in [0.25, 0.3) is 11.6 Å². The van der Waals surface area contributed by atoms with Gasteiger partial charge in [-0.2, -0.15) is 0 Å². The third-order valence-corrected chi connectivity index (χ3v) is 4.03. The van der Waals surface area contributed by atoms with Crippen LogP contribution in [0.4, 0.5) is 5.69 Å². The van der Waals surface area contributed by atoms with Crippen LogP contribution in [0.15, 0.2) is 48.5 Å². The minimum atomic E-state index is -0.714. The van der Waals surface area contributed by atoms with Crippen molar-refractivity contribution in [3.05, 3.63) is 69.8 Å². The van der Waals surface area contributed by atoms with Gasteiger partial charge in [0.2, 0.25) is 0 Å². The molecule has 0 saturated carbocycles. The molecule has 0 spiro atoms. The van der Waals surface area contributed by atoms with Crippen molar-refractivity contribution in [1.29, 1.82) is 0 Å². The summed E-state index contributed by atoms with van der Waals surface area (Å²) in [5, 5.41) is 13.3. The van der Waals surface area contributed by atoms with Gasteiger partial charge in [-0.05, 0) is 36.6 Å². The molecule has 0 aliphatic heterocycles. The Hall–Kier alpha value is -3.42. The van der Waals surface area contributed by atoms with Gasteiger partial charge >= 0.3 is 5.97 Å². The zero-order chi connectivity index (χ0) is 20.5. The molecule has 0 fully saturated rings. The molecule has 0 heterocycles. The number of nitro benzene ring substituents is 1. The van der Waals surface area contributed by atoms with Crippen LogP contribution >= 0.6 is 0 Å². The highest BCUT2D eigenvalue weighted by atomic mass is 16.6. The molecule has 0 aromatic heterocycles. The van der Waals surface area contributed by atoms with Crippen LogP contribution < -0.4 is 10.1 Å². The predicted molar refractivity (Wildman–Crippen MR) is 102 cm³/mol. The van der Waals surface area contributed by atoms with Crippen molar-refractivity contribution < 1.29 is 24.0 Å². The molecule has 0 saturated heterocycles. The predicted octanol–water partition coefficient (Wildman–Crippen LogP) is 2.96. The second-order valence-electron chi connectivity index (χ2n) is 6.08. The highest BCUT2D eigenvalue weighted by Crippen LogP contribution is 2.17. The number of nitrogens with zero attached hydrogens (tertiary/aromatic N) is 1. The lowest BCUT2D eigenvalue weighted by molar-refractivity contribution is -0.384. The molecular formula is C20H22N2O6. The monoisotopic (exact) mass is 386 g/mol. The Bertz CT molecular complexity index is 818. The Morgan fingerprint density at radius 2 is 1.71 bits per heavy atom. The Kier molecular flexibility index (Phi) is 7.50. The number of carbonyl (C=O) groups is 2. The minimum Gasteiger partial charge on any atom is -0.482 e. The highest BCUT2D eigenvalue weighted by molar-refractivity contribution is 5.81. The van der Waals surface area contributed by atoms with Gasteiger partial charge < -0.3 is 14.8 Å². The van der Waals surface area contributed by atoms with Gasteiger partial charge in [-0.15, -0.1) is 0 Å². The summed E-state index contributed by atoms with van der Waals surface area (Å²) in [7, 11) is 0. The van der Waals surface area contributed by atoms with Crippen molar-refractivity contribution >= 4 is 17.6 Å². The molecule has 0 aliphatic rings. The van der Waals surface area contributed by atoms with Crippen molar-refractivity contribution in [1.82, 2.24) is 5.32 Å². The van der Waals surface area contributed by atoms with E-state index < -0.39 is 30.0 Å². The van der Waals surface area contributed by atoms with E-state index in [1.54, 1.807) is 0 Å². The molecule has 8 heteroatoms. The maximum Gasteiger partial charge on any atom is 0.344 e. The van der Waals surface area contributed by atoms with Gasteiger partial charge in [-0.3, -0.25) is 14.9 Å². The van der Waals surface area contributed by atoms with Crippen molar-refractivity contribution in [3.63, 3.8) is 0 Å². The lowest BCUT2D eigenvalue weighted by Crippen LogP contribution is -2.31. The Morgan fingerprint density at radius 3 is 2.29 bits per heavy atom. The first-order valence-electron chi connectivity index (χ1n) is 8.80. The SMILES string of the molecule is CCc1ccc([C@H](C)NC(=O)COC(=O)COc2ccc([N+](=O)[O-])cc2)cc1. The van der Waals surface area contributed by atoms with Crippen molar-refractivity contribution in [2.45, 2.75) is 26.3 Å². The summed E-state index contributed by atoms with van der Waals surface area (Å²) in [5.41, 5.74) is 2.09. The molecular weight excluding hydrogens is 364 g/mol. The van der Waals surface area contributed by atoms with E-state index in [0.29, 0.717) is 0 Å². The van der Waals surface area contributed by atoms with Gasteiger partial charge in [0.15, 0.2) is 13.2 Å². The molecule has 0 unspecified atom stereocenters. The van der Waals surface area contributed by atoms with Crippen LogP contribution in [0.5, 0.6) is 5.75 Å². The lowest BCUT2D eigenvalue weighted by Gasteiger charge is -2.15. The molecule has 2 aromatic carbocycles. The molecule has 0 bridgehead atoms. The van der Waals surface area contributed by atoms with E-state index in [4.69, 9.17) is 9.47 Å². The number of rotatable bonds is 9. The van der Waals surface area contributed by atoms with Crippen LogP contribution in [-0.2, 0) is 20.7 Å². The molecule has 0 radical (unpaired) electrons. The zero-order valence-electron chi connectivity index (χ0n) is 15.7. The molecule has 2 rings (SSSR count). The summed E-state index contributed by atoms with van der Waals surface area (Å²) in [6, 6.07) is 13.0. The van der Waals surface area contributed by atoms with Gasteiger partial charge in [0.05, 0.1) is 11.0 Å². The number of aryl methyl sites for hydroxylation is 1. The summed E-state index contributed by atoms with van der Waals surface area (Å²) < 4.78 is 10.1. The van der Waals surface area contributed by atoms with Gasteiger partial charge in [-0.1, -0.05) is 31.2 Å². The smallest absolute Gasteiger partial charge is 0.344 e. The quantitative estimate of drug-likeness (QED) is 0.403. The topological polar surface area (TPSA) is 108 Å². The molecule has 28 heavy (non-hydrogen) atoms. The summed E-state index contributed by atoms with van der Waals surface area (Å²) in [5.74, 6) is -0.847. The second kappa shape index (κ2) is 10.1. The van der Waals surface area contributed by atoms with Crippen LogP contribution in [0.2, 0.25) is 0 Å². The minimum absolute atomic E-state index is 0.0787. The molecule has 1 amide bonds. The van der Waals surface area contributed by atoms with E-state index in [-0.39, 0.29) is 17.5 Å². The number of hydrogen-bond donors (Lipinski definition) is 1. The number of ether oxygens (including phenoxy) is 2. The van der Waals surface area contributed by atoms with Crippen LogP contribution in [-0.4, -0.2) is 30.0 Å². The fourth-order valence-electron chi connectivity index (χ4n) is 2.40. The second-order valence-corrected chi connectivity index (χ2v) is 6.08. The maximum absolute atomic E-state index is 11.9. The number of nitro groups is 1. The van der Waals surface area contributed by atoms with E-state index in [9.17, 15) is 19.7 Å². The Labute approximate surface area is 162 Å². The molecule has 0 aliphatic carbocycles. The number of non-ortho nitro benzene ring substituents is 1. The molecule has 1 N–H and O–H groups in total. The van der Waals surface area contributed by atoms with Crippen molar-refractivity contribution in [2.75, 3.05) is 13.2 Å². The van der Waals surface area contributed by atoms with Gasteiger partial charge in [0.1, 0.15) is 5.75 Å². The van der Waals surface area contributed by atoms with Gasteiger partial charge in [-0.25, -0.2) is 4.79 Å². The molecule has 148 valence electrons. The number of esters is 1. The fraction of sp³-hybridized carbons (Fsp3) is 0.300. The molecule has 1 atom stereocenters. The van der Waals surface area contributed by atoms with E-state index in [0.717, 1.165) is 12.0 Å². The van der Waals surface area contributed by atoms with E-state index in [2.05, 4.69) is 12.2 Å². The van der Waals surface area contributed by atoms with E-state index in [1.165, 1.54) is 29.8 Å². The highest BCUT2D eigenvalue weighted by Gasteiger charge is 2.13.